The first kappa shape index (κ1) is 25.1. The molecular weight excluding hydrogens is 450 g/mol. The molecule has 0 aliphatic carbocycles. The molecule has 0 unspecified atom stereocenters. The Kier molecular flexibility index (Phi) is 7.54. The Hall–Kier alpha value is -3.48. The third kappa shape index (κ3) is 5.03. The number of fused-ring (bicyclic) bond motifs is 1. The number of hydrogen-bond donors (Lipinski definition) is 2. The maximum Gasteiger partial charge on any atom is 0.332 e. The number of ether oxygens (including phenoxy) is 3. The Morgan fingerprint density at radius 2 is 1.91 bits per heavy atom. The van der Waals surface area contributed by atoms with Crippen molar-refractivity contribution in [2.24, 2.45) is 0 Å². The minimum absolute atomic E-state index is 0.00149. The second-order valence-electron chi connectivity index (χ2n) is 8.08. The van der Waals surface area contributed by atoms with Crippen molar-refractivity contribution in [3.63, 3.8) is 0 Å². The monoisotopic (exact) mass is 479 g/mol. The summed E-state index contributed by atoms with van der Waals surface area (Å²) < 4.78 is 19.3. The fraction of sp³-hybridized carbons (Fsp3) is 0.619. The number of rotatable bonds is 8. The lowest BCUT2D eigenvalue weighted by Crippen LogP contribution is -2.34. The molecule has 1 amide bonds. The van der Waals surface area contributed by atoms with Crippen molar-refractivity contribution in [1.29, 1.82) is 0 Å². The van der Waals surface area contributed by atoms with Crippen LogP contribution in [0.5, 0.6) is 0 Å². The average Bonchev–Trinajstić information content (AvgIpc) is 3.24. The largest absolute Gasteiger partial charge is 0.460 e. The zero-order valence-corrected chi connectivity index (χ0v) is 19.7. The number of aromatic nitrogens is 4. The van der Waals surface area contributed by atoms with Crippen LogP contribution in [0.3, 0.4) is 0 Å². The van der Waals surface area contributed by atoms with Crippen LogP contribution >= 0.6 is 0 Å². The molecule has 2 aromatic rings. The van der Waals surface area contributed by atoms with E-state index in [2.05, 4.69) is 15.3 Å². The summed E-state index contributed by atoms with van der Waals surface area (Å²) in [4.78, 5) is 67.9. The Balaban J connectivity index is 2.19. The summed E-state index contributed by atoms with van der Waals surface area (Å²) in [5.74, 6) is -1.69. The highest BCUT2D eigenvalue weighted by Crippen LogP contribution is 2.35. The number of nitrogens with zero attached hydrogens (tertiary/aromatic N) is 3. The van der Waals surface area contributed by atoms with Gasteiger partial charge in [-0.15, -0.1) is 0 Å². The first-order valence-corrected chi connectivity index (χ1v) is 11.1. The van der Waals surface area contributed by atoms with Gasteiger partial charge < -0.3 is 14.2 Å². The maximum absolute atomic E-state index is 13.4. The molecule has 3 rings (SSSR count). The van der Waals surface area contributed by atoms with Crippen LogP contribution in [-0.4, -0.2) is 55.3 Å². The molecule has 0 saturated carbocycles. The lowest BCUT2D eigenvalue weighted by molar-refractivity contribution is -0.158. The van der Waals surface area contributed by atoms with Gasteiger partial charge in [-0.3, -0.25) is 34.0 Å². The predicted octanol–water partition coefficient (Wildman–Crippen LogP) is 0.816. The van der Waals surface area contributed by atoms with Gasteiger partial charge in [-0.1, -0.05) is 13.8 Å². The maximum atomic E-state index is 13.4. The summed E-state index contributed by atoms with van der Waals surface area (Å²) in [6.07, 6.45) is -2.20. The van der Waals surface area contributed by atoms with Crippen LogP contribution in [0.25, 0.3) is 11.2 Å². The minimum atomic E-state index is -1.13. The number of hydrogen-bond acceptors (Lipinski definition) is 9. The van der Waals surface area contributed by atoms with Gasteiger partial charge in [-0.25, -0.2) is 9.36 Å². The van der Waals surface area contributed by atoms with Gasteiger partial charge in [0.2, 0.25) is 11.9 Å². The van der Waals surface area contributed by atoms with E-state index in [-0.39, 0.29) is 30.1 Å². The van der Waals surface area contributed by atoms with Gasteiger partial charge in [-0.2, -0.15) is 4.98 Å². The molecule has 13 heteroatoms. The summed E-state index contributed by atoms with van der Waals surface area (Å²) in [5, 5.41) is 2.40. The van der Waals surface area contributed by atoms with Crippen LogP contribution < -0.4 is 16.6 Å². The molecular formula is C21H29N5O8. The number of amides is 1. The van der Waals surface area contributed by atoms with Crippen molar-refractivity contribution in [3.8, 4) is 0 Å². The molecule has 4 atom stereocenters. The van der Waals surface area contributed by atoms with Gasteiger partial charge in [0.1, 0.15) is 18.3 Å². The highest BCUT2D eigenvalue weighted by atomic mass is 16.6. The van der Waals surface area contributed by atoms with E-state index in [1.54, 1.807) is 0 Å². The van der Waals surface area contributed by atoms with E-state index in [1.807, 2.05) is 13.8 Å². The molecule has 2 aromatic heterocycles. The molecule has 0 spiro atoms. The van der Waals surface area contributed by atoms with Crippen LogP contribution in [0, 0.1) is 0 Å². The SMILES string of the molecule is CCCn1c(=O)n([C@@H]2O[C@H]([C@H](CC)OC(C)=O)C[C@H]2OC(C)=O)c2nc(NC(C)=O)[nH]c(=O)c21. The van der Waals surface area contributed by atoms with Crippen molar-refractivity contribution in [1.82, 2.24) is 19.1 Å². The molecule has 34 heavy (non-hydrogen) atoms. The molecule has 3 heterocycles. The third-order valence-corrected chi connectivity index (χ3v) is 5.36. The lowest BCUT2D eigenvalue weighted by Gasteiger charge is -2.22. The second-order valence-corrected chi connectivity index (χ2v) is 8.08. The van der Waals surface area contributed by atoms with E-state index in [0.717, 1.165) is 4.57 Å². The highest BCUT2D eigenvalue weighted by Gasteiger charge is 2.45. The highest BCUT2D eigenvalue weighted by molar-refractivity contribution is 5.87. The third-order valence-electron chi connectivity index (χ3n) is 5.36. The van der Waals surface area contributed by atoms with Gasteiger partial charge in [0.25, 0.3) is 5.56 Å². The van der Waals surface area contributed by atoms with Gasteiger partial charge >= 0.3 is 17.6 Å². The lowest BCUT2D eigenvalue weighted by atomic mass is 10.1. The standard InChI is InChI=1S/C21H29N5O8/c1-6-8-25-16-17(23-20(22-10(3)27)24-18(16)30)26(21(25)31)19-15(33-12(5)29)9-14(34-19)13(7-2)32-11(4)28/h13-15,19H,6-9H2,1-5H3,(H2,22,23,24,27,30)/t13-,14-,15+,19+/m0/s1. The van der Waals surface area contributed by atoms with E-state index in [0.29, 0.717) is 12.8 Å². The predicted molar refractivity (Wildman–Crippen MR) is 119 cm³/mol. The number of H-pyrrole nitrogens is 1. The second kappa shape index (κ2) is 10.2. The van der Waals surface area contributed by atoms with E-state index in [4.69, 9.17) is 14.2 Å². The van der Waals surface area contributed by atoms with Gasteiger partial charge in [0, 0.05) is 33.7 Å². The molecule has 1 saturated heterocycles. The molecule has 13 nitrogen and oxygen atoms in total. The summed E-state index contributed by atoms with van der Waals surface area (Å²) >= 11 is 0. The average molecular weight is 479 g/mol. The number of anilines is 1. The zero-order valence-electron chi connectivity index (χ0n) is 19.7. The summed E-state index contributed by atoms with van der Waals surface area (Å²) in [6.45, 7) is 7.64. The number of carbonyl (C=O) groups excluding carboxylic acids is 3. The normalized spacial score (nSPS) is 20.8. The van der Waals surface area contributed by atoms with Crippen molar-refractivity contribution < 1.29 is 28.6 Å². The van der Waals surface area contributed by atoms with E-state index < -0.39 is 53.6 Å². The quantitative estimate of drug-likeness (QED) is 0.522. The smallest absolute Gasteiger partial charge is 0.332 e. The van der Waals surface area contributed by atoms with Crippen molar-refractivity contribution >= 4 is 35.0 Å². The number of aryl methyl sites for hydroxylation is 1. The van der Waals surface area contributed by atoms with E-state index >= 15 is 0 Å². The van der Waals surface area contributed by atoms with Crippen LogP contribution in [0.1, 0.15) is 60.1 Å². The molecule has 1 aliphatic rings. The van der Waals surface area contributed by atoms with Crippen molar-refractivity contribution in [2.45, 2.75) is 85.0 Å². The topological polar surface area (TPSA) is 164 Å². The fourth-order valence-electron chi connectivity index (χ4n) is 4.16. The Morgan fingerprint density at radius 3 is 2.47 bits per heavy atom. The molecule has 0 bridgehead atoms. The fourth-order valence-corrected chi connectivity index (χ4v) is 4.16. The molecule has 1 fully saturated rings. The summed E-state index contributed by atoms with van der Waals surface area (Å²) in [7, 11) is 0. The number of imidazole rings is 1. The van der Waals surface area contributed by atoms with Crippen molar-refractivity contribution in [2.75, 3.05) is 5.32 Å². The van der Waals surface area contributed by atoms with Crippen LogP contribution in [0.2, 0.25) is 0 Å². The molecule has 0 aromatic carbocycles. The molecule has 186 valence electrons. The zero-order chi connectivity index (χ0) is 25.2. The van der Waals surface area contributed by atoms with E-state index in [1.165, 1.54) is 25.3 Å². The van der Waals surface area contributed by atoms with Gasteiger partial charge in [0.15, 0.2) is 17.4 Å². The summed E-state index contributed by atoms with van der Waals surface area (Å²) in [6, 6.07) is 0. The number of carbonyl (C=O) groups is 3. The van der Waals surface area contributed by atoms with Crippen molar-refractivity contribution in [3.05, 3.63) is 20.8 Å². The number of esters is 2. The van der Waals surface area contributed by atoms with Crippen LogP contribution in [0.15, 0.2) is 9.59 Å². The Bertz CT molecular complexity index is 1210. The first-order chi connectivity index (χ1) is 16.1. The Morgan fingerprint density at radius 1 is 1.21 bits per heavy atom. The summed E-state index contributed by atoms with van der Waals surface area (Å²) in [5.41, 5.74) is -1.24. The van der Waals surface area contributed by atoms with Gasteiger partial charge in [-0.05, 0) is 12.8 Å². The molecule has 1 aliphatic heterocycles. The number of nitrogens with one attached hydrogen (secondary N) is 2. The first-order valence-electron chi connectivity index (χ1n) is 11.1. The van der Waals surface area contributed by atoms with E-state index in [9.17, 15) is 24.0 Å². The minimum Gasteiger partial charge on any atom is -0.460 e. The molecule has 2 N–H and O–H groups in total. The van der Waals surface area contributed by atoms with Crippen LogP contribution in [-0.2, 0) is 35.1 Å². The molecule has 0 radical (unpaired) electrons. The van der Waals surface area contributed by atoms with Gasteiger partial charge in [0.05, 0.1) is 0 Å². The Labute approximate surface area is 194 Å². The van der Waals surface area contributed by atoms with Crippen LogP contribution in [0.4, 0.5) is 5.95 Å². The number of aromatic amines is 1.